The van der Waals surface area contributed by atoms with Crippen LogP contribution in [0.5, 0.6) is 0 Å². The maximum absolute atomic E-state index is 10.1. The van der Waals surface area contributed by atoms with Crippen LogP contribution in [0.1, 0.15) is 44.3 Å². The van der Waals surface area contributed by atoms with Crippen LogP contribution >= 0.6 is 11.3 Å². The van der Waals surface area contributed by atoms with Crippen LogP contribution in [-0.4, -0.2) is 52.3 Å². The molecule has 0 aliphatic carbocycles. The number of rotatable bonds is 5. The molecule has 0 radical (unpaired) electrons. The predicted octanol–water partition coefficient (Wildman–Crippen LogP) is 4.70. The van der Waals surface area contributed by atoms with Crippen LogP contribution in [0, 0.1) is 0 Å². The fourth-order valence-corrected chi connectivity index (χ4v) is 5.82. The van der Waals surface area contributed by atoms with Gasteiger partial charge in [0.05, 0.1) is 24.6 Å². The number of benzene rings is 1. The monoisotopic (exact) mass is 422 g/mol. The number of aliphatic hydroxyl groups excluding tert-OH is 1. The second-order valence-corrected chi connectivity index (χ2v) is 9.38. The summed E-state index contributed by atoms with van der Waals surface area (Å²) in [6.07, 6.45) is 7.21. The molecule has 5 rings (SSSR count). The predicted molar refractivity (Wildman–Crippen MR) is 124 cm³/mol. The Hall–Kier alpha value is -2.02. The minimum absolute atomic E-state index is 0.142. The van der Waals surface area contributed by atoms with Crippen molar-refractivity contribution < 1.29 is 5.11 Å². The minimum atomic E-state index is 0.142. The van der Waals surface area contributed by atoms with Gasteiger partial charge < -0.3 is 10.0 Å². The number of thiophene rings is 1. The van der Waals surface area contributed by atoms with Gasteiger partial charge in [-0.05, 0) is 50.8 Å². The lowest BCUT2D eigenvalue weighted by atomic mass is 10.0. The van der Waals surface area contributed by atoms with E-state index in [2.05, 4.69) is 45.5 Å². The molecule has 0 bridgehead atoms. The van der Waals surface area contributed by atoms with Gasteiger partial charge in [-0.25, -0.2) is 9.97 Å². The molecule has 3 aromatic rings. The Balaban J connectivity index is 1.61. The van der Waals surface area contributed by atoms with Crippen LogP contribution in [0.4, 0.5) is 5.82 Å². The summed E-state index contributed by atoms with van der Waals surface area (Å²) in [6.45, 7) is 4.22. The second-order valence-electron chi connectivity index (χ2n) is 8.52. The van der Waals surface area contributed by atoms with E-state index in [4.69, 9.17) is 9.97 Å². The van der Waals surface area contributed by atoms with Crippen molar-refractivity contribution in [3.05, 3.63) is 41.5 Å². The number of aliphatic hydroxyl groups is 1. The highest BCUT2D eigenvalue weighted by atomic mass is 32.1. The van der Waals surface area contributed by atoms with E-state index in [1.807, 2.05) is 0 Å². The van der Waals surface area contributed by atoms with Crippen molar-refractivity contribution in [3.63, 3.8) is 0 Å². The highest BCUT2D eigenvalue weighted by molar-refractivity contribution is 7.17. The van der Waals surface area contributed by atoms with Crippen molar-refractivity contribution >= 4 is 27.4 Å². The Morgan fingerprint density at radius 3 is 2.57 bits per heavy atom. The Morgan fingerprint density at radius 1 is 0.967 bits per heavy atom. The van der Waals surface area contributed by atoms with Crippen molar-refractivity contribution in [1.82, 2.24) is 14.9 Å². The number of hydrogen-bond donors (Lipinski definition) is 1. The standard InChI is InChI=1S/C24H30N4OS/c29-16-19-11-5-8-14-28(19)23-22-20(18-9-3-1-4-10-18)17-30-24(22)26-21(25-23)15-27-12-6-2-7-13-27/h1,3-4,9-10,17,19,29H,2,5-8,11-16H2/t19-/m0/s1. The largest absolute Gasteiger partial charge is 0.394 e. The fraction of sp³-hybridized carbons (Fsp3) is 0.500. The first-order chi connectivity index (χ1) is 14.8. The molecule has 1 aromatic carbocycles. The first-order valence-corrected chi connectivity index (χ1v) is 12.1. The topological polar surface area (TPSA) is 52.5 Å². The van der Waals surface area contributed by atoms with E-state index in [9.17, 15) is 5.11 Å². The van der Waals surface area contributed by atoms with E-state index >= 15 is 0 Å². The van der Waals surface area contributed by atoms with Gasteiger partial charge in [0.1, 0.15) is 16.5 Å². The van der Waals surface area contributed by atoms with Gasteiger partial charge >= 0.3 is 0 Å². The summed E-state index contributed by atoms with van der Waals surface area (Å²) in [6, 6.07) is 10.7. The third kappa shape index (κ3) is 3.96. The molecular weight excluding hydrogens is 392 g/mol. The van der Waals surface area contributed by atoms with E-state index in [0.717, 1.165) is 60.9 Å². The maximum atomic E-state index is 10.1. The van der Waals surface area contributed by atoms with Crippen molar-refractivity contribution in [3.8, 4) is 11.1 Å². The molecule has 0 amide bonds. The van der Waals surface area contributed by atoms with Gasteiger partial charge in [-0.15, -0.1) is 11.3 Å². The number of aromatic nitrogens is 2. The van der Waals surface area contributed by atoms with E-state index < -0.39 is 0 Å². The second kappa shape index (κ2) is 9.00. The Kier molecular flexibility index (Phi) is 5.97. The number of nitrogens with zero attached hydrogens (tertiary/aromatic N) is 4. The summed E-state index contributed by atoms with van der Waals surface area (Å²) >= 11 is 1.71. The SMILES string of the molecule is OC[C@@H]1CCCCN1c1nc(CN2CCCCC2)nc2scc(-c3ccccc3)c12. The number of hydrogen-bond acceptors (Lipinski definition) is 6. The summed E-state index contributed by atoms with van der Waals surface area (Å²) in [7, 11) is 0. The van der Waals surface area contributed by atoms with Crippen LogP contribution in [0.15, 0.2) is 35.7 Å². The van der Waals surface area contributed by atoms with Crippen molar-refractivity contribution in [2.45, 2.75) is 51.1 Å². The highest BCUT2D eigenvalue weighted by Gasteiger charge is 2.27. The third-order valence-electron chi connectivity index (χ3n) is 6.47. The summed E-state index contributed by atoms with van der Waals surface area (Å²) < 4.78 is 0. The smallest absolute Gasteiger partial charge is 0.146 e. The number of piperidine rings is 2. The molecular formula is C24H30N4OS. The number of anilines is 1. The number of fused-ring (bicyclic) bond motifs is 1. The molecule has 0 spiro atoms. The third-order valence-corrected chi connectivity index (χ3v) is 7.34. The molecule has 0 unspecified atom stereocenters. The minimum Gasteiger partial charge on any atom is -0.394 e. The molecule has 5 nitrogen and oxygen atoms in total. The summed E-state index contributed by atoms with van der Waals surface area (Å²) in [5.74, 6) is 1.94. The average molecular weight is 423 g/mol. The van der Waals surface area contributed by atoms with Crippen molar-refractivity contribution in [1.29, 1.82) is 0 Å². The quantitative estimate of drug-likeness (QED) is 0.646. The number of likely N-dealkylation sites (tertiary alicyclic amines) is 1. The molecule has 30 heavy (non-hydrogen) atoms. The average Bonchev–Trinajstić information content (AvgIpc) is 3.24. The van der Waals surface area contributed by atoms with E-state index in [1.54, 1.807) is 11.3 Å². The van der Waals surface area contributed by atoms with E-state index in [1.165, 1.54) is 36.8 Å². The van der Waals surface area contributed by atoms with Crippen LogP contribution in [0.2, 0.25) is 0 Å². The molecule has 2 aliphatic rings. The van der Waals surface area contributed by atoms with Gasteiger partial charge in [-0.3, -0.25) is 4.90 Å². The van der Waals surface area contributed by atoms with E-state index in [-0.39, 0.29) is 12.6 Å². The summed E-state index contributed by atoms with van der Waals surface area (Å²) in [5, 5.41) is 13.4. The molecule has 2 aliphatic heterocycles. The maximum Gasteiger partial charge on any atom is 0.146 e. The molecule has 158 valence electrons. The van der Waals surface area contributed by atoms with Crippen LogP contribution in [0.3, 0.4) is 0 Å². The molecule has 6 heteroatoms. The lowest BCUT2D eigenvalue weighted by Crippen LogP contribution is -2.42. The van der Waals surface area contributed by atoms with Gasteiger partial charge in [-0.1, -0.05) is 36.8 Å². The fourth-order valence-electron chi connectivity index (χ4n) is 4.86. The highest BCUT2D eigenvalue weighted by Crippen LogP contribution is 2.40. The van der Waals surface area contributed by atoms with Gasteiger partial charge in [0.2, 0.25) is 0 Å². The lowest BCUT2D eigenvalue weighted by molar-refractivity contribution is 0.216. The summed E-state index contributed by atoms with van der Waals surface area (Å²) in [4.78, 5) is 16.0. The lowest BCUT2D eigenvalue weighted by Gasteiger charge is -2.36. The zero-order chi connectivity index (χ0) is 20.3. The first kappa shape index (κ1) is 19.9. The normalized spacial score (nSPS) is 20.7. The van der Waals surface area contributed by atoms with Crippen LogP contribution in [0.25, 0.3) is 21.3 Å². The zero-order valence-corrected chi connectivity index (χ0v) is 18.3. The Morgan fingerprint density at radius 2 is 1.77 bits per heavy atom. The molecule has 1 atom stereocenters. The zero-order valence-electron chi connectivity index (χ0n) is 17.5. The molecule has 2 aromatic heterocycles. The molecule has 2 fully saturated rings. The van der Waals surface area contributed by atoms with Gasteiger partial charge in [0.25, 0.3) is 0 Å². The van der Waals surface area contributed by atoms with Crippen molar-refractivity contribution in [2.75, 3.05) is 31.1 Å². The first-order valence-electron chi connectivity index (χ1n) is 11.3. The van der Waals surface area contributed by atoms with Crippen LogP contribution in [-0.2, 0) is 6.54 Å². The van der Waals surface area contributed by atoms with E-state index in [0.29, 0.717) is 0 Å². The van der Waals surface area contributed by atoms with Crippen molar-refractivity contribution in [2.24, 2.45) is 0 Å². The van der Waals surface area contributed by atoms with Gasteiger partial charge in [0.15, 0.2) is 0 Å². The Bertz CT molecular complexity index is 984. The Labute approximate surface area is 182 Å². The molecule has 4 heterocycles. The van der Waals surface area contributed by atoms with Gasteiger partial charge in [0, 0.05) is 17.5 Å². The summed E-state index contributed by atoms with van der Waals surface area (Å²) in [5.41, 5.74) is 2.41. The molecule has 0 saturated carbocycles. The van der Waals surface area contributed by atoms with Gasteiger partial charge in [-0.2, -0.15) is 0 Å². The molecule has 2 saturated heterocycles. The molecule has 1 N–H and O–H groups in total. The van der Waals surface area contributed by atoms with Crippen LogP contribution < -0.4 is 4.90 Å².